The van der Waals surface area contributed by atoms with Gasteiger partial charge in [-0.1, -0.05) is 5.16 Å². The molecule has 106 valence electrons. The number of hydrogen-bond acceptors (Lipinski definition) is 7. The summed E-state index contributed by atoms with van der Waals surface area (Å²) in [5.41, 5.74) is 2.73. The van der Waals surface area contributed by atoms with Crippen LogP contribution < -0.4 is 16.6 Å². The highest BCUT2D eigenvalue weighted by molar-refractivity contribution is 9.10. The van der Waals surface area contributed by atoms with Gasteiger partial charge in [-0.05, 0) is 28.9 Å². The van der Waals surface area contributed by atoms with Crippen molar-refractivity contribution in [3.05, 3.63) is 34.0 Å². The normalized spacial score (nSPS) is 10.3. The van der Waals surface area contributed by atoms with E-state index >= 15 is 0 Å². The van der Waals surface area contributed by atoms with E-state index in [4.69, 9.17) is 10.4 Å². The van der Waals surface area contributed by atoms with Crippen molar-refractivity contribution in [1.82, 2.24) is 20.4 Å². The Morgan fingerprint density at radius 2 is 2.35 bits per heavy atom. The van der Waals surface area contributed by atoms with E-state index in [9.17, 15) is 4.79 Å². The second kappa shape index (κ2) is 6.44. The van der Waals surface area contributed by atoms with Crippen LogP contribution in [-0.4, -0.2) is 27.6 Å². The van der Waals surface area contributed by atoms with E-state index in [1.807, 2.05) is 0 Å². The maximum absolute atomic E-state index is 12.0. The fourth-order valence-corrected chi connectivity index (χ4v) is 1.88. The van der Waals surface area contributed by atoms with Gasteiger partial charge in [-0.3, -0.25) is 4.79 Å². The molecule has 0 radical (unpaired) electrons. The summed E-state index contributed by atoms with van der Waals surface area (Å²) in [6.07, 6.45) is 2.01. The van der Waals surface area contributed by atoms with Gasteiger partial charge in [-0.2, -0.15) is 4.98 Å². The first-order valence-corrected chi connectivity index (χ1v) is 6.59. The molecule has 9 heteroatoms. The smallest absolute Gasteiger partial charge is 0.255 e. The molecular formula is C11H13BrN6O2. The number of halogens is 1. The van der Waals surface area contributed by atoms with Gasteiger partial charge in [0, 0.05) is 23.6 Å². The van der Waals surface area contributed by atoms with Crippen molar-refractivity contribution in [2.75, 3.05) is 12.0 Å². The van der Waals surface area contributed by atoms with Gasteiger partial charge in [0.2, 0.25) is 5.89 Å². The van der Waals surface area contributed by atoms with Crippen molar-refractivity contribution in [1.29, 1.82) is 0 Å². The molecule has 0 aliphatic rings. The maximum Gasteiger partial charge on any atom is 0.255 e. The first-order valence-electron chi connectivity index (χ1n) is 5.79. The van der Waals surface area contributed by atoms with Gasteiger partial charge < -0.3 is 15.3 Å². The Bertz CT molecular complexity index is 615. The maximum atomic E-state index is 12.0. The third-order valence-electron chi connectivity index (χ3n) is 2.43. The number of carbonyl (C=O) groups excluding carboxylic acids is 1. The zero-order chi connectivity index (χ0) is 14.5. The summed E-state index contributed by atoms with van der Waals surface area (Å²) < 4.78 is 5.64. The largest absolute Gasteiger partial charge is 0.351 e. The number of rotatable bonds is 5. The number of amides is 1. The molecule has 0 aliphatic heterocycles. The molecule has 1 amide bonds. The highest BCUT2D eigenvalue weighted by Gasteiger charge is 2.13. The molecule has 0 saturated heterocycles. The lowest BCUT2D eigenvalue weighted by Gasteiger charge is -2.08. The highest BCUT2D eigenvalue weighted by atomic mass is 79.9. The van der Waals surface area contributed by atoms with Gasteiger partial charge in [0.25, 0.3) is 5.91 Å². The van der Waals surface area contributed by atoms with Crippen molar-refractivity contribution in [2.24, 2.45) is 5.84 Å². The molecule has 2 aromatic rings. The molecule has 0 spiro atoms. The first kappa shape index (κ1) is 14.4. The zero-order valence-corrected chi connectivity index (χ0v) is 12.3. The van der Waals surface area contributed by atoms with Crippen LogP contribution in [0.5, 0.6) is 0 Å². The Morgan fingerprint density at radius 1 is 1.55 bits per heavy atom. The van der Waals surface area contributed by atoms with E-state index in [0.717, 1.165) is 0 Å². The molecule has 0 atom stereocenters. The number of nitrogen functional groups attached to an aromatic ring is 1. The Kier molecular flexibility index (Phi) is 4.64. The quantitative estimate of drug-likeness (QED) is 0.543. The number of nitrogens with one attached hydrogen (secondary N) is 2. The molecule has 4 N–H and O–H groups in total. The number of nitrogens with zero attached hydrogens (tertiary/aromatic N) is 3. The molecule has 2 heterocycles. The fraction of sp³-hybridized carbons (Fsp3) is 0.273. The van der Waals surface area contributed by atoms with Crippen LogP contribution in [0.15, 0.2) is 21.3 Å². The van der Waals surface area contributed by atoms with Crippen LogP contribution in [0.2, 0.25) is 0 Å². The average molecular weight is 341 g/mol. The van der Waals surface area contributed by atoms with Gasteiger partial charge >= 0.3 is 0 Å². The van der Waals surface area contributed by atoms with E-state index in [1.54, 1.807) is 19.2 Å². The lowest BCUT2D eigenvalue weighted by atomic mass is 10.2. The number of aromatic nitrogens is 3. The molecule has 0 fully saturated rings. The predicted molar refractivity (Wildman–Crippen MR) is 74.8 cm³/mol. The van der Waals surface area contributed by atoms with Gasteiger partial charge in [-0.15, -0.1) is 0 Å². The van der Waals surface area contributed by atoms with Crippen LogP contribution in [-0.2, 0) is 6.42 Å². The fourth-order valence-electron chi connectivity index (χ4n) is 1.55. The predicted octanol–water partition coefficient (Wildman–Crippen LogP) is 0.794. The molecule has 2 aromatic heterocycles. The summed E-state index contributed by atoms with van der Waals surface area (Å²) in [6.45, 7) is 2.11. The first-order chi connectivity index (χ1) is 9.60. The summed E-state index contributed by atoms with van der Waals surface area (Å²) in [5, 5.41) is 6.41. The SMILES string of the molecule is Cc1noc(CCNC(=O)c2cc(Br)cnc2NN)n1. The summed E-state index contributed by atoms with van der Waals surface area (Å²) in [7, 11) is 0. The van der Waals surface area contributed by atoms with Crippen LogP contribution in [0.4, 0.5) is 5.82 Å². The third-order valence-corrected chi connectivity index (χ3v) is 2.86. The number of carbonyl (C=O) groups is 1. The van der Waals surface area contributed by atoms with Crippen molar-refractivity contribution < 1.29 is 9.32 Å². The Hall–Kier alpha value is -2.00. The monoisotopic (exact) mass is 340 g/mol. The minimum absolute atomic E-state index is 0.289. The van der Waals surface area contributed by atoms with Gasteiger partial charge in [0.1, 0.15) is 0 Å². The highest BCUT2D eigenvalue weighted by Crippen LogP contribution is 2.17. The zero-order valence-electron chi connectivity index (χ0n) is 10.7. The minimum Gasteiger partial charge on any atom is -0.351 e. The molecular weight excluding hydrogens is 328 g/mol. The number of pyridine rings is 1. The van der Waals surface area contributed by atoms with Crippen molar-refractivity contribution in [3.63, 3.8) is 0 Å². The van der Waals surface area contributed by atoms with E-state index in [0.29, 0.717) is 40.5 Å². The molecule has 20 heavy (non-hydrogen) atoms. The summed E-state index contributed by atoms with van der Waals surface area (Å²) in [5.74, 6) is 6.38. The summed E-state index contributed by atoms with van der Waals surface area (Å²) in [6, 6.07) is 1.63. The third kappa shape index (κ3) is 3.52. The number of nitrogens with two attached hydrogens (primary N) is 1. The van der Waals surface area contributed by atoms with Crippen LogP contribution in [0, 0.1) is 6.92 Å². The van der Waals surface area contributed by atoms with Crippen molar-refractivity contribution in [2.45, 2.75) is 13.3 Å². The number of hydrogen-bond donors (Lipinski definition) is 3. The molecule has 0 aromatic carbocycles. The average Bonchev–Trinajstić information content (AvgIpc) is 2.84. The van der Waals surface area contributed by atoms with E-state index in [2.05, 4.69) is 41.8 Å². The summed E-state index contributed by atoms with van der Waals surface area (Å²) >= 11 is 3.26. The van der Waals surface area contributed by atoms with E-state index < -0.39 is 0 Å². The molecule has 8 nitrogen and oxygen atoms in total. The Morgan fingerprint density at radius 3 is 3.00 bits per heavy atom. The van der Waals surface area contributed by atoms with Crippen molar-refractivity contribution >= 4 is 27.7 Å². The van der Waals surface area contributed by atoms with E-state index in [1.165, 1.54) is 0 Å². The van der Waals surface area contributed by atoms with Crippen LogP contribution >= 0.6 is 15.9 Å². The lowest BCUT2D eigenvalue weighted by molar-refractivity contribution is 0.0954. The summed E-state index contributed by atoms with van der Waals surface area (Å²) in [4.78, 5) is 20.1. The lowest BCUT2D eigenvalue weighted by Crippen LogP contribution is -2.27. The number of hydrazine groups is 1. The topological polar surface area (TPSA) is 119 Å². The number of aryl methyl sites for hydroxylation is 1. The molecule has 0 bridgehead atoms. The molecule has 2 rings (SSSR count). The second-order valence-electron chi connectivity index (χ2n) is 3.94. The van der Waals surface area contributed by atoms with Gasteiger partial charge in [-0.25, -0.2) is 10.8 Å². The van der Waals surface area contributed by atoms with E-state index in [-0.39, 0.29) is 5.91 Å². The van der Waals surface area contributed by atoms with Crippen LogP contribution in [0.25, 0.3) is 0 Å². The second-order valence-corrected chi connectivity index (χ2v) is 4.85. The van der Waals surface area contributed by atoms with Gasteiger partial charge in [0.05, 0.1) is 5.56 Å². The number of anilines is 1. The van der Waals surface area contributed by atoms with Crippen LogP contribution in [0.3, 0.4) is 0 Å². The molecule has 0 saturated carbocycles. The minimum atomic E-state index is -0.289. The van der Waals surface area contributed by atoms with Crippen molar-refractivity contribution in [3.8, 4) is 0 Å². The molecule has 0 unspecified atom stereocenters. The Balaban J connectivity index is 1.96. The standard InChI is InChI=1S/C11H13BrN6O2/c1-6-16-9(20-18-6)2-3-14-11(19)8-4-7(12)5-15-10(8)17-13/h4-5H,2-3,13H2,1H3,(H,14,19)(H,15,17). The molecule has 0 aliphatic carbocycles. The Labute approximate surface area is 123 Å². The van der Waals surface area contributed by atoms with Gasteiger partial charge in [0.15, 0.2) is 11.6 Å². The van der Waals surface area contributed by atoms with Crippen LogP contribution in [0.1, 0.15) is 22.1 Å².